The third-order valence-corrected chi connectivity index (χ3v) is 5.77. The van der Waals surface area contributed by atoms with E-state index >= 15 is 0 Å². The van der Waals surface area contributed by atoms with Gasteiger partial charge in [0.25, 0.3) is 0 Å². The maximum atomic E-state index is 11.9. The van der Waals surface area contributed by atoms with E-state index in [-0.39, 0.29) is 5.91 Å². The Balaban J connectivity index is 1.46. The molecule has 8 heteroatoms. The Kier molecular flexibility index (Phi) is 5.92. The monoisotopic (exact) mass is 364 g/mol. The van der Waals surface area contributed by atoms with Gasteiger partial charge in [-0.3, -0.25) is 4.79 Å². The maximum Gasteiger partial charge on any atom is 0.230 e. The number of rotatable bonds is 7. The fourth-order valence-corrected chi connectivity index (χ4v) is 4.17. The molecule has 2 aromatic rings. The summed E-state index contributed by atoms with van der Waals surface area (Å²) in [5.41, 5.74) is 0.919. The third-order valence-electron chi connectivity index (χ3n) is 3.79. The fourth-order valence-electron chi connectivity index (χ4n) is 2.58. The smallest absolute Gasteiger partial charge is 0.230 e. The molecule has 2 N–H and O–H groups in total. The van der Waals surface area contributed by atoms with E-state index in [1.165, 1.54) is 35.9 Å². The van der Waals surface area contributed by atoms with Gasteiger partial charge in [-0.15, -0.1) is 10.2 Å². The lowest BCUT2D eigenvalue weighted by Gasteiger charge is -2.10. The number of hydrogen-bond acceptors (Lipinski definition) is 7. The molecule has 1 fully saturated rings. The molecule has 1 aliphatic rings. The first-order valence-corrected chi connectivity index (χ1v) is 9.70. The van der Waals surface area contributed by atoms with E-state index in [0.29, 0.717) is 16.9 Å². The van der Waals surface area contributed by atoms with Crippen LogP contribution in [0.2, 0.25) is 0 Å². The number of amides is 1. The van der Waals surface area contributed by atoms with Gasteiger partial charge in [-0.2, -0.15) is 0 Å². The third kappa shape index (κ3) is 4.85. The molecule has 24 heavy (non-hydrogen) atoms. The van der Waals surface area contributed by atoms with Crippen LogP contribution in [0.5, 0.6) is 5.75 Å². The van der Waals surface area contributed by atoms with Crippen molar-refractivity contribution in [1.82, 2.24) is 15.5 Å². The van der Waals surface area contributed by atoms with E-state index in [2.05, 4.69) is 20.8 Å². The summed E-state index contributed by atoms with van der Waals surface area (Å²) in [4.78, 5) is 11.9. The number of thioether (sulfide) groups is 1. The van der Waals surface area contributed by atoms with Gasteiger partial charge in [-0.05, 0) is 37.1 Å². The summed E-state index contributed by atoms with van der Waals surface area (Å²) in [5, 5.41) is 15.2. The second kappa shape index (κ2) is 8.34. The highest BCUT2D eigenvalue weighted by molar-refractivity contribution is 8.01. The molecule has 1 aromatic carbocycles. The highest BCUT2D eigenvalue weighted by atomic mass is 32.2. The van der Waals surface area contributed by atoms with Crippen molar-refractivity contribution in [3.05, 3.63) is 24.3 Å². The SMILES string of the molecule is COc1ccc(Nc2nnc(SCC(=O)NC3CCCC3)s2)cc1. The first-order valence-electron chi connectivity index (χ1n) is 7.89. The van der Waals surface area contributed by atoms with E-state index in [1.807, 2.05) is 24.3 Å². The molecular formula is C16H20N4O2S2. The lowest BCUT2D eigenvalue weighted by molar-refractivity contribution is -0.119. The van der Waals surface area contributed by atoms with Gasteiger partial charge in [0.1, 0.15) is 5.75 Å². The molecule has 6 nitrogen and oxygen atoms in total. The molecule has 128 valence electrons. The zero-order valence-corrected chi connectivity index (χ0v) is 15.1. The van der Waals surface area contributed by atoms with E-state index in [9.17, 15) is 4.79 Å². The molecule has 1 saturated carbocycles. The first kappa shape index (κ1) is 17.0. The average molecular weight is 364 g/mol. The van der Waals surface area contributed by atoms with Gasteiger partial charge in [-0.1, -0.05) is 35.9 Å². The minimum atomic E-state index is 0.0757. The van der Waals surface area contributed by atoms with Gasteiger partial charge in [0.15, 0.2) is 4.34 Å². The predicted octanol–water partition coefficient (Wildman–Crippen LogP) is 3.44. The van der Waals surface area contributed by atoms with Gasteiger partial charge >= 0.3 is 0 Å². The van der Waals surface area contributed by atoms with Crippen molar-refractivity contribution in [2.45, 2.75) is 36.1 Å². The number of nitrogens with one attached hydrogen (secondary N) is 2. The number of aromatic nitrogens is 2. The number of carbonyl (C=O) groups excluding carboxylic acids is 1. The molecule has 1 aromatic heterocycles. The molecule has 1 heterocycles. The number of benzene rings is 1. The highest BCUT2D eigenvalue weighted by Gasteiger charge is 2.17. The molecule has 1 amide bonds. The molecule has 0 unspecified atom stereocenters. The first-order chi connectivity index (χ1) is 11.7. The molecule has 1 aliphatic carbocycles. The zero-order valence-electron chi connectivity index (χ0n) is 13.4. The molecule has 0 bridgehead atoms. The highest BCUT2D eigenvalue weighted by Crippen LogP contribution is 2.28. The summed E-state index contributed by atoms with van der Waals surface area (Å²) in [7, 11) is 1.64. The topological polar surface area (TPSA) is 76.1 Å². The minimum Gasteiger partial charge on any atom is -0.497 e. The number of anilines is 2. The van der Waals surface area contributed by atoms with Crippen LogP contribution in [-0.4, -0.2) is 35.0 Å². The summed E-state index contributed by atoms with van der Waals surface area (Å²) >= 11 is 2.86. The van der Waals surface area contributed by atoms with Crippen LogP contribution in [0.15, 0.2) is 28.6 Å². The Morgan fingerprint density at radius 2 is 2.04 bits per heavy atom. The van der Waals surface area contributed by atoms with E-state index < -0.39 is 0 Å². The number of hydrogen-bond donors (Lipinski definition) is 2. The maximum absolute atomic E-state index is 11.9. The van der Waals surface area contributed by atoms with Gasteiger partial charge in [0.2, 0.25) is 11.0 Å². The van der Waals surface area contributed by atoms with Crippen LogP contribution >= 0.6 is 23.1 Å². The normalized spacial score (nSPS) is 14.5. The Hall–Kier alpha value is -1.80. The van der Waals surface area contributed by atoms with Crippen LogP contribution in [-0.2, 0) is 4.79 Å². The van der Waals surface area contributed by atoms with Crippen LogP contribution in [0.25, 0.3) is 0 Å². The lowest BCUT2D eigenvalue weighted by atomic mass is 10.2. The standard InChI is InChI=1S/C16H20N4O2S2/c1-22-13-8-6-12(7-9-13)18-15-19-20-16(24-15)23-10-14(21)17-11-4-2-3-5-11/h6-9,11H,2-5,10H2,1H3,(H,17,21)(H,18,19). The Labute approximate surface area is 149 Å². The van der Waals surface area contributed by atoms with Crippen molar-refractivity contribution in [2.75, 3.05) is 18.2 Å². The Morgan fingerprint density at radius 1 is 1.29 bits per heavy atom. The molecule has 0 saturated heterocycles. The number of carbonyl (C=O) groups is 1. The molecule has 0 atom stereocenters. The second-order valence-electron chi connectivity index (χ2n) is 5.56. The van der Waals surface area contributed by atoms with Crippen LogP contribution in [0.4, 0.5) is 10.8 Å². The number of methoxy groups -OCH3 is 1. The van der Waals surface area contributed by atoms with Crippen molar-refractivity contribution in [2.24, 2.45) is 0 Å². The van der Waals surface area contributed by atoms with E-state index in [0.717, 1.165) is 28.6 Å². The molecule has 0 radical (unpaired) electrons. The van der Waals surface area contributed by atoms with Gasteiger partial charge in [0, 0.05) is 11.7 Å². The molecule has 0 aliphatic heterocycles. The summed E-state index contributed by atoms with van der Waals surface area (Å²) < 4.78 is 5.92. The van der Waals surface area contributed by atoms with E-state index in [1.54, 1.807) is 7.11 Å². The van der Waals surface area contributed by atoms with Crippen LogP contribution < -0.4 is 15.4 Å². The van der Waals surface area contributed by atoms with Crippen molar-refractivity contribution in [3.8, 4) is 5.75 Å². The lowest BCUT2D eigenvalue weighted by Crippen LogP contribution is -2.33. The summed E-state index contributed by atoms with van der Waals surface area (Å²) in [6.07, 6.45) is 4.64. The van der Waals surface area contributed by atoms with Crippen molar-refractivity contribution >= 4 is 39.8 Å². The van der Waals surface area contributed by atoms with Crippen LogP contribution in [0, 0.1) is 0 Å². The number of nitrogens with zero attached hydrogens (tertiary/aromatic N) is 2. The van der Waals surface area contributed by atoms with Crippen LogP contribution in [0.1, 0.15) is 25.7 Å². The quantitative estimate of drug-likeness (QED) is 0.733. The van der Waals surface area contributed by atoms with Crippen molar-refractivity contribution in [3.63, 3.8) is 0 Å². The largest absolute Gasteiger partial charge is 0.497 e. The number of ether oxygens (including phenoxy) is 1. The summed E-state index contributed by atoms with van der Waals surface area (Å²) in [5.74, 6) is 1.27. The molecule has 3 rings (SSSR count). The Morgan fingerprint density at radius 3 is 2.75 bits per heavy atom. The van der Waals surface area contributed by atoms with Crippen molar-refractivity contribution in [1.29, 1.82) is 0 Å². The van der Waals surface area contributed by atoms with E-state index in [4.69, 9.17) is 4.74 Å². The average Bonchev–Trinajstić information content (AvgIpc) is 3.26. The minimum absolute atomic E-state index is 0.0757. The predicted molar refractivity (Wildman–Crippen MR) is 97.3 cm³/mol. The molecule has 0 spiro atoms. The summed E-state index contributed by atoms with van der Waals surface area (Å²) in [6.45, 7) is 0. The Bertz CT molecular complexity index is 669. The van der Waals surface area contributed by atoms with Gasteiger partial charge in [0.05, 0.1) is 12.9 Å². The van der Waals surface area contributed by atoms with Gasteiger partial charge in [-0.25, -0.2) is 0 Å². The fraction of sp³-hybridized carbons (Fsp3) is 0.438. The summed E-state index contributed by atoms with van der Waals surface area (Å²) in [6, 6.07) is 7.96. The van der Waals surface area contributed by atoms with Gasteiger partial charge < -0.3 is 15.4 Å². The second-order valence-corrected chi connectivity index (χ2v) is 7.76. The van der Waals surface area contributed by atoms with Crippen LogP contribution in [0.3, 0.4) is 0 Å². The molecular weight excluding hydrogens is 344 g/mol. The van der Waals surface area contributed by atoms with Crippen molar-refractivity contribution < 1.29 is 9.53 Å². The zero-order chi connectivity index (χ0) is 16.8.